The average molecular weight is 329 g/mol. The van der Waals surface area contributed by atoms with Crippen LogP contribution >= 0.6 is 0 Å². The predicted octanol–water partition coefficient (Wildman–Crippen LogP) is 3.41. The highest BCUT2D eigenvalue weighted by molar-refractivity contribution is 7.90. The summed E-state index contributed by atoms with van der Waals surface area (Å²) in [6.45, 7) is 5.08. The fraction of sp³-hybridized carbons (Fsp3) is 0.222. The lowest BCUT2D eigenvalue weighted by Crippen LogP contribution is -2.25. The number of aryl methyl sites for hydroxylation is 1. The van der Waals surface area contributed by atoms with Gasteiger partial charge in [0.15, 0.2) is 0 Å². The van der Waals surface area contributed by atoms with Gasteiger partial charge in [-0.15, -0.1) is 0 Å². The Morgan fingerprint density at radius 3 is 2.22 bits per heavy atom. The van der Waals surface area contributed by atoms with Crippen molar-refractivity contribution >= 4 is 20.9 Å². The van der Waals surface area contributed by atoms with E-state index in [2.05, 4.69) is 0 Å². The van der Waals surface area contributed by atoms with Crippen LogP contribution in [-0.2, 0) is 15.6 Å². The van der Waals surface area contributed by atoms with Gasteiger partial charge in [0.1, 0.15) is 5.60 Å². The summed E-state index contributed by atoms with van der Waals surface area (Å²) in [5.41, 5.74) is 0.616. The van der Waals surface area contributed by atoms with Gasteiger partial charge < -0.3 is 5.11 Å². The van der Waals surface area contributed by atoms with E-state index in [0.717, 1.165) is 10.9 Å². The minimum atomic E-state index is -3.80. The van der Waals surface area contributed by atoms with E-state index in [0.29, 0.717) is 11.2 Å². The van der Waals surface area contributed by atoms with Crippen molar-refractivity contribution in [3.63, 3.8) is 0 Å². The number of rotatable bonds is 3. The summed E-state index contributed by atoms with van der Waals surface area (Å²) in [4.78, 5) is 0.204. The first-order valence-corrected chi connectivity index (χ1v) is 8.81. The Kier molecular flexibility index (Phi) is 3.58. The Balaban J connectivity index is 2.36. The van der Waals surface area contributed by atoms with Crippen molar-refractivity contribution in [2.45, 2.75) is 31.3 Å². The fourth-order valence-corrected chi connectivity index (χ4v) is 4.28. The zero-order valence-corrected chi connectivity index (χ0v) is 14.1. The maximum Gasteiger partial charge on any atom is 0.268 e. The Hall–Kier alpha value is -2.11. The normalized spacial score (nSPS) is 12.7. The molecule has 23 heavy (non-hydrogen) atoms. The molecular weight excluding hydrogens is 310 g/mol. The van der Waals surface area contributed by atoms with Crippen LogP contribution in [0.3, 0.4) is 0 Å². The fourth-order valence-electron chi connectivity index (χ4n) is 2.63. The molecule has 1 aromatic heterocycles. The lowest BCUT2D eigenvalue weighted by Gasteiger charge is -2.21. The predicted molar refractivity (Wildman–Crippen MR) is 90.9 cm³/mol. The Morgan fingerprint density at radius 1 is 1.00 bits per heavy atom. The maximum atomic E-state index is 13.1. The second kappa shape index (κ2) is 5.22. The molecule has 0 spiro atoms. The van der Waals surface area contributed by atoms with Crippen LogP contribution in [-0.4, -0.2) is 17.5 Å². The molecule has 3 rings (SSSR count). The zero-order chi connectivity index (χ0) is 16.8. The highest BCUT2D eigenvalue weighted by Crippen LogP contribution is 2.31. The number of aromatic nitrogens is 1. The monoisotopic (exact) mass is 329 g/mol. The van der Waals surface area contributed by atoms with Crippen molar-refractivity contribution in [1.29, 1.82) is 0 Å². The lowest BCUT2D eigenvalue weighted by molar-refractivity contribution is 0.0733. The minimum absolute atomic E-state index is 0.204. The topological polar surface area (TPSA) is 59.3 Å². The molecule has 0 fully saturated rings. The summed E-state index contributed by atoms with van der Waals surface area (Å²) >= 11 is 0. The number of benzene rings is 2. The molecule has 1 N–H and O–H groups in total. The van der Waals surface area contributed by atoms with E-state index in [1.165, 1.54) is 3.97 Å². The lowest BCUT2D eigenvalue weighted by atomic mass is 10.1. The van der Waals surface area contributed by atoms with E-state index in [9.17, 15) is 13.5 Å². The van der Waals surface area contributed by atoms with Crippen molar-refractivity contribution in [3.8, 4) is 0 Å². The van der Waals surface area contributed by atoms with Crippen molar-refractivity contribution in [3.05, 3.63) is 65.9 Å². The minimum Gasteiger partial charge on any atom is -0.384 e. The van der Waals surface area contributed by atoms with E-state index >= 15 is 0 Å². The van der Waals surface area contributed by atoms with E-state index in [-0.39, 0.29) is 4.90 Å². The Labute approximate surface area is 136 Å². The Morgan fingerprint density at radius 2 is 1.61 bits per heavy atom. The molecular formula is C18H19NO3S. The third-order valence-corrected chi connectivity index (χ3v) is 5.59. The van der Waals surface area contributed by atoms with Crippen LogP contribution in [0.5, 0.6) is 0 Å². The van der Waals surface area contributed by atoms with Crippen molar-refractivity contribution < 1.29 is 13.5 Å². The SMILES string of the molecule is Cc1ccc(S(=O)(=O)n2c(C(C)(C)O)cc3ccccc32)cc1. The molecule has 0 aliphatic heterocycles. The maximum absolute atomic E-state index is 13.1. The van der Waals surface area contributed by atoms with Gasteiger partial charge in [0.05, 0.1) is 16.1 Å². The van der Waals surface area contributed by atoms with Crippen LogP contribution in [0.4, 0.5) is 0 Å². The first kappa shape index (κ1) is 15.8. The van der Waals surface area contributed by atoms with E-state index < -0.39 is 15.6 Å². The molecule has 0 radical (unpaired) electrons. The highest BCUT2D eigenvalue weighted by Gasteiger charge is 2.29. The van der Waals surface area contributed by atoms with Gasteiger partial charge in [-0.2, -0.15) is 0 Å². The molecule has 2 aromatic carbocycles. The second-order valence-corrected chi connectivity index (χ2v) is 8.02. The molecule has 3 aromatic rings. The molecule has 0 amide bonds. The number of fused-ring (bicyclic) bond motifs is 1. The number of nitrogens with zero attached hydrogens (tertiary/aromatic N) is 1. The average Bonchev–Trinajstić information content (AvgIpc) is 2.88. The first-order chi connectivity index (χ1) is 10.7. The zero-order valence-electron chi connectivity index (χ0n) is 13.3. The standard InChI is InChI=1S/C18H19NO3S/c1-13-8-10-15(11-9-13)23(21,22)19-16-7-5-4-6-14(16)12-17(19)18(2,3)20/h4-12,20H,1-3H3. The Bertz CT molecular complexity index is 962. The molecule has 5 heteroatoms. The molecule has 120 valence electrons. The van der Waals surface area contributed by atoms with Gasteiger partial charge in [-0.1, -0.05) is 35.9 Å². The quantitative estimate of drug-likeness (QED) is 0.801. The summed E-state index contributed by atoms with van der Waals surface area (Å²) in [7, 11) is -3.80. The summed E-state index contributed by atoms with van der Waals surface area (Å²) in [5, 5.41) is 11.2. The third-order valence-electron chi connectivity index (χ3n) is 3.85. The van der Waals surface area contributed by atoms with E-state index in [1.54, 1.807) is 56.3 Å². The second-order valence-electron chi connectivity index (χ2n) is 6.23. The molecule has 0 unspecified atom stereocenters. The van der Waals surface area contributed by atoms with Crippen molar-refractivity contribution in [2.75, 3.05) is 0 Å². The van der Waals surface area contributed by atoms with Crippen LogP contribution in [0.1, 0.15) is 25.1 Å². The molecule has 0 aliphatic carbocycles. The highest BCUT2D eigenvalue weighted by atomic mass is 32.2. The summed E-state index contributed by atoms with van der Waals surface area (Å²) < 4.78 is 27.5. The van der Waals surface area contributed by atoms with Crippen LogP contribution in [0.15, 0.2) is 59.5 Å². The van der Waals surface area contributed by atoms with Crippen LogP contribution in [0.25, 0.3) is 10.9 Å². The van der Waals surface area contributed by atoms with E-state index in [1.807, 2.05) is 19.1 Å². The number of hydrogen-bond donors (Lipinski definition) is 1. The molecule has 0 aliphatic rings. The summed E-state index contributed by atoms with van der Waals surface area (Å²) in [6, 6.07) is 15.7. The molecule has 0 saturated heterocycles. The van der Waals surface area contributed by atoms with Gasteiger partial charge in [0.25, 0.3) is 10.0 Å². The molecule has 4 nitrogen and oxygen atoms in total. The molecule has 1 heterocycles. The van der Waals surface area contributed by atoms with Gasteiger partial charge in [-0.25, -0.2) is 12.4 Å². The van der Waals surface area contributed by atoms with E-state index in [4.69, 9.17) is 0 Å². The number of para-hydroxylation sites is 1. The van der Waals surface area contributed by atoms with Crippen LogP contribution in [0.2, 0.25) is 0 Å². The molecule has 0 bridgehead atoms. The summed E-state index contributed by atoms with van der Waals surface area (Å²) in [6.07, 6.45) is 0. The molecule has 0 saturated carbocycles. The number of aliphatic hydroxyl groups is 1. The first-order valence-electron chi connectivity index (χ1n) is 7.37. The third kappa shape index (κ3) is 2.66. The smallest absolute Gasteiger partial charge is 0.268 e. The van der Waals surface area contributed by atoms with Gasteiger partial charge in [0, 0.05) is 5.39 Å². The van der Waals surface area contributed by atoms with Crippen molar-refractivity contribution in [2.24, 2.45) is 0 Å². The van der Waals surface area contributed by atoms with Crippen LogP contribution in [0, 0.1) is 6.92 Å². The van der Waals surface area contributed by atoms with Gasteiger partial charge in [-0.05, 0) is 45.0 Å². The largest absolute Gasteiger partial charge is 0.384 e. The summed E-state index contributed by atoms with van der Waals surface area (Å²) in [5.74, 6) is 0. The van der Waals surface area contributed by atoms with Crippen LogP contribution < -0.4 is 0 Å². The van der Waals surface area contributed by atoms with Gasteiger partial charge in [-0.3, -0.25) is 0 Å². The molecule has 0 atom stereocenters. The van der Waals surface area contributed by atoms with Crippen molar-refractivity contribution in [1.82, 2.24) is 3.97 Å². The number of hydrogen-bond acceptors (Lipinski definition) is 3. The van der Waals surface area contributed by atoms with Gasteiger partial charge >= 0.3 is 0 Å². The van der Waals surface area contributed by atoms with Gasteiger partial charge in [0.2, 0.25) is 0 Å².